The van der Waals surface area contributed by atoms with Crippen LogP contribution >= 0.6 is 0 Å². The van der Waals surface area contributed by atoms with Crippen molar-refractivity contribution in [3.05, 3.63) is 28.3 Å². The summed E-state index contributed by atoms with van der Waals surface area (Å²) in [7, 11) is 1.22. The fourth-order valence-corrected chi connectivity index (χ4v) is 1.13. The van der Waals surface area contributed by atoms with Crippen LogP contribution in [0.2, 0.25) is 0 Å². The Morgan fingerprint density at radius 2 is 2.12 bits per heavy atom. The van der Waals surface area contributed by atoms with Gasteiger partial charge in [0.2, 0.25) is 0 Å². The SMILES string of the molecule is COc1cc([N+](=O)[O-])ccc1NCC(F)(F)F. The predicted molar refractivity (Wildman–Crippen MR) is 54.2 cm³/mol. The summed E-state index contributed by atoms with van der Waals surface area (Å²) in [5, 5.41) is 12.5. The quantitative estimate of drug-likeness (QED) is 0.658. The molecule has 0 bridgehead atoms. The topological polar surface area (TPSA) is 64.4 Å². The number of nitro benzene ring substituents is 1. The van der Waals surface area contributed by atoms with E-state index < -0.39 is 17.6 Å². The number of nitro groups is 1. The molecule has 0 spiro atoms. The first-order valence-corrected chi connectivity index (χ1v) is 4.46. The zero-order valence-corrected chi connectivity index (χ0v) is 8.75. The third-order valence-corrected chi connectivity index (χ3v) is 1.88. The monoisotopic (exact) mass is 250 g/mol. The minimum Gasteiger partial charge on any atom is -0.494 e. The van der Waals surface area contributed by atoms with Gasteiger partial charge in [0.1, 0.15) is 12.3 Å². The van der Waals surface area contributed by atoms with Gasteiger partial charge in [-0.3, -0.25) is 10.1 Å². The summed E-state index contributed by atoms with van der Waals surface area (Å²) in [5.74, 6) is -0.0107. The zero-order valence-electron chi connectivity index (χ0n) is 8.75. The van der Waals surface area contributed by atoms with Gasteiger partial charge in [-0.05, 0) is 6.07 Å². The van der Waals surface area contributed by atoms with Crippen LogP contribution in [-0.4, -0.2) is 24.8 Å². The number of alkyl halides is 3. The fourth-order valence-electron chi connectivity index (χ4n) is 1.13. The van der Waals surface area contributed by atoms with E-state index in [4.69, 9.17) is 4.74 Å². The smallest absolute Gasteiger partial charge is 0.405 e. The van der Waals surface area contributed by atoms with Gasteiger partial charge in [0, 0.05) is 6.07 Å². The Morgan fingerprint density at radius 1 is 1.47 bits per heavy atom. The Bertz CT molecular complexity index is 420. The molecule has 0 saturated carbocycles. The molecule has 0 aliphatic carbocycles. The van der Waals surface area contributed by atoms with Gasteiger partial charge in [0.25, 0.3) is 5.69 Å². The molecule has 1 rings (SSSR count). The van der Waals surface area contributed by atoms with Crippen LogP contribution in [0, 0.1) is 10.1 Å². The normalized spacial score (nSPS) is 11.1. The van der Waals surface area contributed by atoms with Crippen molar-refractivity contribution in [2.75, 3.05) is 19.0 Å². The summed E-state index contributed by atoms with van der Waals surface area (Å²) >= 11 is 0. The van der Waals surface area contributed by atoms with Crippen LogP contribution in [0.25, 0.3) is 0 Å². The van der Waals surface area contributed by atoms with Crippen LogP contribution in [0.5, 0.6) is 5.75 Å². The lowest BCUT2D eigenvalue weighted by molar-refractivity contribution is -0.384. The minimum atomic E-state index is -4.37. The van der Waals surface area contributed by atoms with Crippen molar-refractivity contribution in [2.45, 2.75) is 6.18 Å². The van der Waals surface area contributed by atoms with E-state index in [0.717, 1.165) is 12.1 Å². The van der Waals surface area contributed by atoms with E-state index in [1.54, 1.807) is 0 Å². The van der Waals surface area contributed by atoms with Crippen LogP contribution in [0.3, 0.4) is 0 Å². The van der Waals surface area contributed by atoms with Gasteiger partial charge < -0.3 is 10.1 Å². The number of rotatable bonds is 4. The molecule has 1 aromatic rings. The lowest BCUT2D eigenvalue weighted by Gasteiger charge is -2.12. The molecule has 1 aromatic carbocycles. The van der Waals surface area contributed by atoms with Gasteiger partial charge in [-0.15, -0.1) is 0 Å². The molecular weight excluding hydrogens is 241 g/mol. The van der Waals surface area contributed by atoms with Gasteiger partial charge in [-0.2, -0.15) is 13.2 Å². The molecule has 0 saturated heterocycles. The van der Waals surface area contributed by atoms with Crippen LogP contribution in [0.1, 0.15) is 0 Å². The number of nitrogens with one attached hydrogen (secondary N) is 1. The number of benzene rings is 1. The highest BCUT2D eigenvalue weighted by molar-refractivity contribution is 5.60. The minimum absolute atomic E-state index is 0.0107. The number of hydrogen-bond acceptors (Lipinski definition) is 4. The second kappa shape index (κ2) is 4.89. The third-order valence-electron chi connectivity index (χ3n) is 1.88. The lowest BCUT2D eigenvalue weighted by atomic mass is 10.2. The Balaban J connectivity index is 2.89. The first kappa shape index (κ1) is 13.1. The van der Waals surface area contributed by atoms with Crippen molar-refractivity contribution in [3.63, 3.8) is 0 Å². The molecule has 94 valence electrons. The Morgan fingerprint density at radius 3 is 2.59 bits per heavy atom. The molecular formula is C9H9F3N2O3. The first-order valence-electron chi connectivity index (χ1n) is 4.46. The molecule has 0 aliphatic heterocycles. The van der Waals surface area contributed by atoms with Gasteiger partial charge in [0.05, 0.1) is 23.8 Å². The van der Waals surface area contributed by atoms with Crippen molar-refractivity contribution in [3.8, 4) is 5.75 Å². The molecule has 0 fully saturated rings. The van der Waals surface area contributed by atoms with Crippen LogP contribution < -0.4 is 10.1 Å². The number of hydrogen-bond donors (Lipinski definition) is 1. The molecule has 5 nitrogen and oxygen atoms in total. The highest BCUT2D eigenvalue weighted by Crippen LogP contribution is 2.29. The largest absolute Gasteiger partial charge is 0.494 e. The zero-order chi connectivity index (χ0) is 13.1. The highest BCUT2D eigenvalue weighted by Gasteiger charge is 2.27. The summed E-state index contributed by atoms with van der Waals surface area (Å²) in [5.41, 5.74) is -0.199. The van der Waals surface area contributed by atoms with Crippen LogP contribution in [-0.2, 0) is 0 Å². The summed E-state index contributed by atoms with van der Waals surface area (Å²) in [4.78, 5) is 9.79. The van der Waals surface area contributed by atoms with Crippen LogP contribution in [0.4, 0.5) is 24.5 Å². The summed E-state index contributed by atoms with van der Waals surface area (Å²) in [6.07, 6.45) is -4.37. The van der Waals surface area contributed by atoms with Crippen molar-refractivity contribution >= 4 is 11.4 Å². The lowest BCUT2D eigenvalue weighted by Crippen LogP contribution is -2.21. The van der Waals surface area contributed by atoms with E-state index in [1.807, 2.05) is 0 Å². The molecule has 0 radical (unpaired) electrons. The maximum atomic E-state index is 12.0. The molecule has 0 heterocycles. The van der Waals surface area contributed by atoms with Crippen molar-refractivity contribution in [1.29, 1.82) is 0 Å². The van der Waals surface area contributed by atoms with Gasteiger partial charge in [-0.1, -0.05) is 0 Å². The highest BCUT2D eigenvalue weighted by atomic mass is 19.4. The standard InChI is InChI=1S/C9H9F3N2O3/c1-17-8-4-6(14(15)16)2-3-7(8)13-5-9(10,11)12/h2-4,13H,5H2,1H3. The molecule has 17 heavy (non-hydrogen) atoms. The second-order valence-electron chi connectivity index (χ2n) is 3.11. The van der Waals surface area contributed by atoms with Crippen molar-refractivity contribution < 1.29 is 22.8 Å². The molecule has 0 aromatic heterocycles. The average Bonchev–Trinajstić information content (AvgIpc) is 2.24. The van der Waals surface area contributed by atoms with Crippen molar-refractivity contribution in [2.24, 2.45) is 0 Å². The van der Waals surface area contributed by atoms with E-state index >= 15 is 0 Å². The van der Waals surface area contributed by atoms with Crippen molar-refractivity contribution in [1.82, 2.24) is 0 Å². The number of nitrogens with zero attached hydrogens (tertiary/aromatic N) is 1. The molecule has 0 atom stereocenters. The van der Waals surface area contributed by atoms with E-state index in [1.165, 1.54) is 13.2 Å². The summed E-state index contributed by atoms with van der Waals surface area (Å²) in [6.45, 7) is -1.23. The molecule has 0 unspecified atom stereocenters. The maximum absolute atomic E-state index is 12.0. The van der Waals surface area contributed by atoms with E-state index in [-0.39, 0.29) is 17.1 Å². The molecule has 1 N–H and O–H groups in total. The Hall–Kier alpha value is -1.99. The summed E-state index contributed by atoms with van der Waals surface area (Å²) in [6, 6.07) is 3.32. The molecule has 0 aliphatic rings. The van der Waals surface area contributed by atoms with E-state index in [0.29, 0.717) is 0 Å². The first-order chi connectivity index (χ1) is 7.83. The Kier molecular flexibility index (Phi) is 3.77. The van der Waals surface area contributed by atoms with E-state index in [9.17, 15) is 23.3 Å². The third kappa shape index (κ3) is 3.82. The number of anilines is 1. The number of non-ortho nitro benzene ring substituents is 1. The maximum Gasteiger partial charge on any atom is 0.405 e. The van der Waals surface area contributed by atoms with Crippen LogP contribution in [0.15, 0.2) is 18.2 Å². The van der Waals surface area contributed by atoms with E-state index in [2.05, 4.69) is 5.32 Å². The summed E-state index contributed by atoms with van der Waals surface area (Å²) < 4.78 is 40.7. The molecule has 0 amide bonds. The number of methoxy groups -OCH3 is 1. The second-order valence-corrected chi connectivity index (χ2v) is 3.11. The van der Waals surface area contributed by atoms with Gasteiger partial charge in [0.15, 0.2) is 0 Å². The van der Waals surface area contributed by atoms with Gasteiger partial charge in [-0.25, -0.2) is 0 Å². The molecule has 8 heteroatoms. The Labute approximate surface area is 94.3 Å². The van der Waals surface area contributed by atoms with Gasteiger partial charge >= 0.3 is 6.18 Å². The average molecular weight is 250 g/mol. The predicted octanol–water partition coefficient (Wildman–Crippen LogP) is 2.58. The number of halogens is 3. The number of ether oxygens (including phenoxy) is 1. The fraction of sp³-hybridized carbons (Fsp3) is 0.333.